The molecule has 1 aromatic carbocycles. The molecule has 0 N–H and O–H groups in total. The Labute approximate surface area is 107 Å². The average Bonchev–Trinajstić information content (AvgIpc) is 2.72. The fourth-order valence-electron chi connectivity index (χ4n) is 1.93. The first-order chi connectivity index (χ1) is 8.70. The molecule has 0 aliphatic heterocycles. The van der Waals surface area contributed by atoms with Crippen LogP contribution < -0.4 is 0 Å². The van der Waals surface area contributed by atoms with Crippen LogP contribution in [0.2, 0.25) is 0 Å². The minimum atomic E-state index is -0.248. The second kappa shape index (κ2) is 5.54. The Hall–Kier alpha value is -2.03. The van der Waals surface area contributed by atoms with Crippen molar-refractivity contribution in [2.24, 2.45) is 0 Å². The SMILES string of the molecule is CCOC(=O)c1cn(Cc2ccccc2)cc1C. The summed E-state index contributed by atoms with van der Waals surface area (Å²) in [5, 5.41) is 0. The van der Waals surface area contributed by atoms with Crippen LogP contribution in [-0.2, 0) is 11.3 Å². The molecular formula is C15H17NO2. The van der Waals surface area contributed by atoms with E-state index >= 15 is 0 Å². The maximum Gasteiger partial charge on any atom is 0.339 e. The number of rotatable bonds is 4. The van der Waals surface area contributed by atoms with Gasteiger partial charge in [0.05, 0.1) is 12.2 Å². The van der Waals surface area contributed by atoms with Gasteiger partial charge in [0.1, 0.15) is 0 Å². The molecule has 0 aliphatic rings. The lowest BCUT2D eigenvalue weighted by atomic mass is 10.2. The van der Waals surface area contributed by atoms with Crippen molar-refractivity contribution in [2.45, 2.75) is 20.4 Å². The monoisotopic (exact) mass is 243 g/mol. The predicted molar refractivity (Wildman–Crippen MR) is 70.7 cm³/mol. The number of esters is 1. The van der Waals surface area contributed by atoms with E-state index in [9.17, 15) is 4.79 Å². The third-order valence-electron chi connectivity index (χ3n) is 2.78. The molecule has 2 rings (SSSR count). The van der Waals surface area contributed by atoms with Gasteiger partial charge >= 0.3 is 5.97 Å². The van der Waals surface area contributed by atoms with Gasteiger partial charge in [-0.15, -0.1) is 0 Å². The zero-order chi connectivity index (χ0) is 13.0. The van der Waals surface area contributed by atoms with Crippen LogP contribution in [0.25, 0.3) is 0 Å². The predicted octanol–water partition coefficient (Wildman–Crippen LogP) is 3.02. The standard InChI is InChI=1S/C15H17NO2/c1-3-18-15(17)14-11-16(9-12(14)2)10-13-7-5-4-6-8-13/h4-9,11H,3,10H2,1-2H3. The van der Waals surface area contributed by atoms with Crippen LogP contribution >= 0.6 is 0 Å². The molecule has 18 heavy (non-hydrogen) atoms. The summed E-state index contributed by atoms with van der Waals surface area (Å²) in [4.78, 5) is 11.7. The Kier molecular flexibility index (Phi) is 3.82. The second-order valence-corrected chi connectivity index (χ2v) is 4.23. The van der Waals surface area contributed by atoms with Crippen molar-refractivity contribution >= 4 is 5.97 Å². The Morgan fingerprint density at radius 3 is 2.61 bits per heavy atom. The molecule has 2 aromatic rings. The van der Waals surface area contributed by atoms with Crippen molar-refractivity contribution in [1.29, 1.82) is 0 Å². The smallest absolute Gasteiger partial charge is 0.339 e. The van der Waals surface area contributed by atoms with Crippen molar-refractivity contribution in [3.8, 4) is 0 Å². The van der Waals surface area contributed by atoms with E-state index in [0.717, 1.165) is 12.1 Å². The zero-order valence-electron chi connectivity index (χ0n) is 10.7. The first-order valence-electron chi connectivity index (χ1n) is 6.08. The molecule has 1 aromatic heterocycles. The average molecular weight is 243 g/mol. The van der Waals surface area contributed by atoms with Crippen LogP contribution in [0.15, 0.2) is 42.7 Å². The van der Waals surface area contributed by atoms with Crippen molar-refractivity contribution in [3.63, 3.8) is 0 Å². The van der Waals surface area contributed by atoms with Gasteiger partial charge in [0.2, 0.25) is 0 Å². The highest BCUT2D eigenvalue weighted by molar-refractivity contribution is 5.90. The summed E-state index contributed by atoms with van der Waals surface area (Å²) >= 11 is 0. The molecule has 0 radical (unpaired) electrons. The van der Waals surface area contributed by atoms with Crippen molar-refractivity contribution in [2.75, 3.05) is 6.61 Å². The summed E-state index contributed by atoms with van der Waals surface area (Å²) in [7, 11) is 0. The second-order valence-electron chi connectivity index (χ2n) is 4.23. The molecular weight excluding hydrogens is 226 g/mol. The normalized spacial score (nSPS) is 10.3. The van der Waals surface area contributed by atoms with E-state index in [1.54, 1.807) is 0 Å². The first-order valence-corrected chi connectivity index (χ1v) is 6.08. The van der Waals surface area contributed by atoms with Crippen molar-refractivity contribution < 1.29 is 9.53 Å². The molecule has 0 atom stereocenters. The number of aryl methyl sites for hydroxylation is 1. The van der Waals surface area contributed by atoms with Crippen molar-refractivity contribution in [1.82, 2.24) is 4.57 Å². The largest absolute Gasteiger partial charge is 0.462 e. The molecule has 1 heterocycles. The Morgan fingerprint density at radius 2 is 1.94 bits per heavy atom. The highest BCUT2D eigenvalue weighted by atomic mass is 16.5. The lowest BCUT2D eigenvalue weighted by Crippen LogP contribution is -2.05. The molecule has 0 amide bonds. The van der Waals surface area contributed by atoms with E-state index in [4.69, 9.17) is 4.74 Å². The first kappa shape index (κ1) is 12.4. The molecule has 0 bridgehead atoms. The third-order valence-corrected chi connectivity index (χ3v) is 2.78. The Balaban J connectivity index is 2.16. The third kappa shape index (κ3) is 2.80. The van der Waals surface area contributed by atoms with Gasteiger partial charge < -0.3 is 9.30 Å². The van der Waals surface area contributed by atoms with Gasteiger partial charge in [-0.1, -0.05) is 30.3 Å². The molecule has 3 nitrogen and oxygen atoms in total. The molecule has 0 aliphatic carbocycles. The van der Waals surface area contributed by atoms with Crippen LogP contribution in [0.5, 0.6) is 0 Å². The number of hydrogen-bond acceptors (Lipinski definition) is 2. The maximum atomic E-state index is 11.7. The van der Waals surface area contributed by atoms with Gasteiger partial charge in [0.15, 0.2) is 0 Å². The van der Waals surface area contributed by atoms with Crippen LogP contribution in [0.1, 0.15) is 28.4 Å². The lowest BCUT2D eigenvalue weighted by Gasteiger charge is -2.02. The highest BCUT2D eigenvalue weighted by Gasteiger charge is 2.12. The van der Waals surface area contributed by atoms with E-state index in [-0.39, 0.29) is 5.97 Å². The Bertz CT molecular complexity index is 529. The minimum absolute atomic E-state index is 0.248. The summed E-state index contributed by atoms with van der Waals surface area (Å²) in [6.07, 6.45) is 3.82. The van der Waals surface area contributed by atoms with E-state index < -0.39 is 0 Å². The van der Waals surface area contributed by atoms with Crippen molar-refractivity contribution in [3.05, 3.63) is 59.4 Å². The molecule has 0 fully saturated rings. The van der Waals surface area contributed by atoms with Gasteiger partial charge in [-0.2, -0.15) is 0 Å². The maximum absolute atomic E-state index is 11.7. The molecule has 0 spiro atoms. The fraction of sp³-hybridized carbons (Fsp3) is 0.267. The van der Waals surface area contributed by atoms with E-state index in [2.05, 4.69) is 12.1 Å². The summed E-state index contributed by atoms with van der Waals surface area (Å²) in [5.74, 6) is -0.248. The Morgan fingerprint density at radius 1 is 1.22 bits per heavy atom. The molecule has 0 saturated carbocycles. The van der Waals surface area contributed by atoms with Crippen LogP contribution in [0, 0.1) is 6.92 Å². The molecule has 0 saturated heterocycles. The van der Waals surface area contributed by atoms with Crippen LogP contribution in [-0.4, -0.2) is 17.1 Å². The number of nitrogens with zero attached hydrogens (tertiary/aromatic N) is 1. The summed E-state index contributed by atoms with van der Waals surface area (Å²) in [5.41, 5.74) is 2.81. The number of benzene rings is 1. The molecule has 3 heteroatoms. The summed E-state index contributed by atoms with van der Waals surface area (Å²) in [6.45, 7) is 4.91. The minimum Gasteiger partial charge on any atom is -0.462 e. The lowest BCUT2D eigenvalue weighted by molar-refractivity contribution is 0.0525. The van der Waals surface area contributed by atoms with E-state index in [1.807, 2.05) is 49.0 Å². The van der Waals surface area contributed by atoms with Gasteiger partial charge in [-0.3, -0.25) is 0 Å². The summed E-state index contributed by atoms with van der Waals surface area (Å²) < 4.78 is 7.03. The van der Waals surface area contributed by atoms with Crippen LogP contribution in [0.4, 0.5) is 0 Å². The van der Waals surface area contributed by atoms with Gasteiger partial charge in [-0.05, 0) is 25.0 Å². The topological polar surface area (TPSA) is 31.2 Å². The fourth-order valence-corrected chi connectivity index (χ4v) is 1.93. The number of ether oxygens (including phenoxy) is 1. The van der Waals surface area contributed by atoms with E-state index in [0.29, 0.717) is 12.2 Å². The number of hydrogen-bond donors (Lipinski definition) is 0. The van der Waals surface area contributed by atoms with Gasteiger partial charge in [-0.25, -0.2) is 4.79 Å². The van der Waals surface area contributed by atoms with Gasteiger partial charge in [0, 0.05) is 18.9 Å². The zero-order valence-corrected chi connectivity index (χ0v) is 10.7. The van der Waals surface area contributed by atoms with E-state index in [1.165, 1.54) is 5.56 Å². The number of aromatic nitrogens is 1. The number of carbonyl (C=O) groups is 1. The number of carbonyl (C=O) groups excluding carboxylic acids is 1. The van der Waals surface area contributed by atoms with Gasteiger partial charge in [0.25, 0.3) is 0 Å². The summed E-state index contributed by atoms with van der Waals surface area (Å²) in [6, 6.07) is 10.2. The molecule has 94 valence electrons. The quantitative estimate of drug-likeness (QED) is 0.773. The van der Waals surface area contributed by atoms with Crippen LogP contribution in [0.3, 0.4) is 0 Å². The molecule has 0 unspecified atom stereocenters. The highest BCUT2D eigenvalue weighted by Crippen LogP contribution is 2.13.